The van der Waals surface area contributed by atoms with Gasteiger partial charge in [0.1, 0.15) is 11.9 Å². The fourth-order valence-corrected chi connectivity index (χ4v) is 3.08. The Bertz CT molecular complexity index is 916. The molecule has 2 N–H and O–H groups in total. The molecule has 1 unspecified atom stereocenters. The molecule has 168 valence electrons. The van der Waals surface area contributed by atoms with Crippen LogP contribution in [0.15, 0.2) is 30.3 Å². The van der Waals surface area contributed by atoms with Crippen molar-refractivity contribution in [2.24, 2.45) is 0 Å². The zero-order chi connectivity index (χ0) is 22.4. The van der Waals surface area contributed by atoms with Gasteiger partial charge in [0, 0.05) is 25.6 Å². The second kappa shape index (κ2) is 9.82. The van der Waals surface area contributed by atoms with Crippen LogP contribution in [-0.4, -0.2) is 59.8 Å². The molecule has 2 amide bonds. The average Bonchev–Trinajstić information content (AvgIpc) is 3.21. The summed E-state index contributed by atoms with van der Waals surface area (Å²) in [5.74, 6) is -0.338. The molecule has 2 aromatic rings. The summed E-state index contributed by atoms with van der Waals surface area (Å²) < 4.78 is 49.4. The normalized spacial score (nSPS) is 16.8. The second-order valence-electron chi connectivity index (χ2n) is 7.05. The molecule has 2 heterocycles. The van der Waals surface area contributed by atoms with E-state index in [0.717, 1.165) is 17.8 Å². The number of benzene rings is 1. The maximum atomic E-state index is 12.8. The number of H-pyrrole nitrogens is 1. The number of carbonyl (C=O) groups is 2. The highest BCUT2D eigenvalue weighted by Gasteiger charge is 2.30. The molecule has 31 heavy (non-hydrogen) atoms. The number of hydrogen-bond donors (Lipinski definition) is 2. The summed E-state index contributed by atoms with van der Waals surface area (Å²) >= 11 is 0. The summed E-state index contributed by atoms with van der Waals surface area (Å²) in [6.07, 6.45) is -4.43. The first kappa shape index (κ1) is 22.6. The lowest BCUT2D eigenvalue weighted by atomic mass is 10.2. The highest BCUT2D eigenvalue weighted by Crippen LogP contribution is 2.31. The number of nitrogens with zero attached hydrogens (tertiary/aromatic N) is 2. The number of nitrogens with one attached hydrogen (secondary N) is 2. The Morgan fingerprint density at radius 1 is 1.35 bits per heavy atom. The third-order valence-corrected chi connectivity index (χ3v) is 4.69. The van der Waals surface area contributed by atoms with Crippen LogP contribution < -0.4 is 10.1 Å². The van der Waals surface area contributed by atoms with Crippen molar-refractivity contribution in [1.29, 1.82) is 0 Å². The fraction of sp³-hybridized carbons (Fsp3) is 0.450. The minimum atomic E-state index is -4.42. The molecule has 1 aliphatic heterocycles. The molecule has 0 bridgehead atoms. The Morgan fingerprint density at radius 2 is 2.16 bits per heavy atom. The molecule has 1 atom stereocenters. The van der Waals surface area contributed by atoms with Crippen molar-refractivity contribution in [1.82, 2.24) is 20.4 Å². The summed E-state index contributed by atoms with van der Waals surface area (Å²) in [4.78, 5) is 24.8. The SMILES string of the molecule is CC(=O)NCC(=O)N1CCOC(c2cc(CCOc3cccc(C(F)(F)F)c3)[nH]n2)C1. The predicted molar refractivity (Wildman–Crippen MR) is 103 cm³/mol. The maximum absolute atomic E-state index is 12.8. The van der Waals surface area contributed by atoms with Crippen molar-refractivity contribution >= 4 is 11.8 Å². The van der Waals surface area contributed by atoms with Crippen LogP contribution in [0, 0.1) is 0 Å². The van der Waals surface area contributed by atoms with Gasteiger partial charge in [-0.2, -0.15) is 18.3 Å². The Hall–Kier alpha value is -3.08. The number of hydrogen-bond acceptors (Lipinski definition) is 5. The third-order valence-electron chi connectivity index (χ3n) is 4.69. The third kappa shape index (κ3) is 6.45. The number of aromatic amines is 1. The molecular formula is C20H23F3N4O4. The first-order chi connectivity index (χ1) is 14.7. The number of rotatable bonds is 7. The fourth-order valence-electron chi connectivity index (χ4n) is 3.08. The number of amides is 2. The van der Waals surface area contributed by atoms with Crippen molar-refractivity contribution in [3.8, 4) is 5.75 Å². The zero-order valence-corrected chi connectivity index (χ0v) is 16.9. The van der Waals surface area contributed by atoms with Crippen molar-refractivity contribution in [3.05, 3.63) is 47.3 Å². The van der Waals surface area contributed by atoms with Crippen LogP contribution in [0.3, 0.4) is 0 Å². The number of aromatic nitrogens is 2. The molecule has 8 nitrogen and oxygen atoms in total. The Morgan fingerprint density at radius 3 is 2.90 bits per heavy atom. The van der Waals surface area contributed by atoms with Crippen molar-refractivity contribution in [3.63, 3.8) is 0 Å². The first-order valence-corrected chi connectivity index (χ1v) is 9.70. The number of morpholine rings is 1. The maximum Gasteiger partial charge on any atom is 0.416 e. The Labute approximate surface area is 176 Å². The van der Waals surface area contributed by atoms with Crippen LogP contribution in [0.1, 0.15) is 30.0 Å². The van der Waals surface area contributed by atoms with E-state index in [2.05, 4.69) is 15.5 Å². The van der Waals surface area contributed by atoms with Gasteiger partial charge in [0.2, 0.25) is 11.8 Å². The predicted octanol–water partition coefficient (Wildman–Crippen LogP) is 2.09. The summed E-state index contributed by atoms with van der Waals surface area (Å²) in [6.45, 7) is 2.52. The average molecular weight is 440 g/mol. The topological polar surface area (TPSA) is 96.5 Å². The summed E-state index contributed by atoms with van der Waals surface area (Å²) in [5.41, 5.74) is 0.583. The second-order valence-corrected chi connectivity index (χ2v) is 7.05. The lowest BCUT2D eigenvalue weighted by Gasteiger charge is -2.32. The van der Waals surface area contributed by atoms with Crippen molar-refractivity contribution in [2.45, 2.75) is 25.6 Å². The van der Waals surface area contributed by atoms with E-state index in [0.29, 0.717) is 31.8 Å². The summed E-state index contributed by atoms with van der Waals surface area (Å²) in [5, 5.41) is 9.56. The molecule has 1 aromatic heterocycles. The number of alkyl halides is 3. The van der Waals surface area contributed by atoms with E-state index >= 15 is 0 Å². The molecular weight excluding hydrogens is 417 g/mol. The summed E-state index contributed by atoms with van der Waals surface area (Å²) in [7, 11) is 0. The van der Waals surface area contributed by atoms with Gasteiger partial charge in [-0.15, -0.1) is 0 Å². The Kier molecular flexibility index (Phi) is 7.16. The molecule has 1 aromatic carbocycles. The zero-order valence-electron chi connectivity index (χ0n) is 16.9. The van der Waals surface area contributed by atoms with Gasteiger partial charge < -0.3 is 19.7 Å². The quantitative estimate of drug-likeness (QED) is 0.687. The van der Waals surface area contributed by atoms with Crippen LogP contribution >= 0.6 is 0 Å². The van der Waals surface area contributed by atoms with Crippen molar-refractivity contribution in [2.75, 3.05) is 32.8 Å². The van der Waals surface area contributed by atoms with E-state index in [1.807, 2.05) is 0 Å². The largest absolute Gasteiger partial charge is 0.493 e. The molecule has 0 spiro atoms. The van der Waals surface area contributed by atoms with E-state index < -0.39 is 17.8 Å². The van der Waals surface area contributed by atoms with Crippen LogP contribution in [0.5, 0.6) is 5.75 Å². The smallest absolute Gasteiger partial charge is 0.416 e. The molecule has 0 saturated carbocycles. The lowest BCUT2D eigenvalue weighted by molar-refractivity contribution is -0.139. The van der Waals surface area contributed by atoms with Crippen LogP contribution in [0.2, 0.25) is 0 Å². The van der Waals surface area contributed by atoms with Gasteiger partial charge >= 0.3 is 6.18 Å². The number of halogens is 3. The highest BCUT2D eigenvalue weighted by molar-refractivity contribution is 5.83. The molecule has 1 saturated heterocycles. The minimum absolute atomic E-state index is 0.0687. The number of ether oxygens (including phenoxy) is 2. The van der Waals surface area contributed by atoms with Crippen molar-refractivity contribution < 1.29 is 32.2 Å². The molecule has 0 radical (unpaired) electrons. The van der Waals surface area contributed by atoms with E-state index in [-0.39, 0.29) is 30.7 Å². The van der Waals surface area contributed by atoms with Crippen LogP contribution in [0.4, 0.5) is 13.2 Å². The molecule has 1 fully saturated rings. The van der Waals surface area contributed by atoms with Gasteiger partial charge in [-0.05, 0) is 24.3 Å². The van der Waals surface area contributed by atoms with Crippen LogP contribution in [-0.2, 0) is 26.9 Å². The molecule has 3 rings (SSSR count). The first-order valence-electron chi connectivity index (χ1n) is 9.70. The molecule has 1 aliphatic rings. The van der Waals surface area contributed by atoms with Gasteiger partial charge in [-0.1, -0.05) is 6.07 Å². The van der Waals surface area contributed by atoms with Crippen LogP contribution in [0.25, 0.3) is 0 Å². The minimum Gasteiger partial charge on any atom is -0.493 e. The molecule has 0 aliphatic carbocycles. The van der Waals surface area contributed by atoms with E-state index in [1.165, 1.54) is 19.1 Å². The van der Waals surface area contributed by atoms with E-state index in [4.69, 9.17) is 9.47 Å². The summed E-state index contributed by atoms with van der Waals surface area (Å²) in [6, 6.07) is 6.49. The van der Waals surface area contributed by atoms with Gasteiger partial charge in [0.25, 0.3) is 0 Å². The van der Waals surface area contributed by atoms with Gasteiger partial charge in [-0.3, -0.25) is 14.7 Å². The van der Waals surface area contributed by atoms with Gasteiger partial charge in [0.05, 0.1) is 37.6 Å². The monoisotopic (exact) mass is 440 g/mol. The van der Waals surface area contributed by atoms with E-state index in [1.54, 1.807) is 11.0 Å². The highest BCUT2D eigenvalue weighted by atomic mass is 19.4. The van der Waals surface area contributed by atoms with Gasteiger partial charge in [0.15, 0.2) is 0 Å². The number of carbonyl (C=O) groups excluding carboxylic acids is 2. The standard InChI is InChI=1S/C20H23F3N4O4/c1-13(28)24-11-19(29)27-6-8-31-18(12-27)17-10-15(25-26-17)5-7-30-16-4-2-3-14(9-16)20(21,22)23/h2-4,9-10,18H,5-8,11-12H2,1H3,(H,24,28)(H,25,26). The van der Waals surface area contributed by atoms with E-state index in [9.17, 15) is 22.8 Å². The lowest BCUT2D eigenvalue weighted by Crippen LogP contribution is -2.46. The molecule has 11 heteroatoms. The Balaban J connectivity index is 1.51. The van der Waals surface area contributed by atoms with Gasteiger partial charge in [-0.25, -0.2) is 0 Å².